The molecule has 0 aliphatic rings. The molecule has 1 atom stereocenters. The van der Waals surface area contributed by atoms with Gasteiger partial charge >= 0.3 is 0 Å². The summed E-state index contributed by atoms with van der Waals surface area (Å²) in [6, 6.07) is 5.00. The number of methoxy groups -OCH3 is 1. The van der Waals surface area contributed by atoms with Crippen LogP contribution in [0.2, 0.25) is 0 Å². The molecule has 0 spiro atoms. The Morgan fingerprint density at radius 1 is 1.22 bits per heavy atom. The van der Waals surface area contributed by atoms with Gasteiger partial charge in [0.15, 0.2) is 17.3 Å². The molecule has 1 aromatic rings. The topological polar surface area (TPSA) is 52.6 Å². The third kappa shape index (κ3) is 3.87. The number of Topliss-reactive ketones (excluding diaryl/α,β-unsaturated/α-hetero) is 2. The van der Waals surface area contributed by atoms with E-state index in [1.807, 2.05) is 6.92 Å². The highest BCUT2D eigenvalue weighted by Crippen LogP contribution is 2.29. The Bertz CT molecular complexity index is 451. The maximum Gasteiger partial charge on any atom is 0.161 e. The lowest BCUT2D eigenvalue weighted by molar-refractivity contribution is -0.118. The molecule has 0 bridgehead atoms. The molecular weight excluding hydrogens is 232 g/mol. The second-order valence-corrected chi connectivity index (χ2v) is 4.26. The van der Waals surface area contributed by atoms with Crippen LogP contribution in [0, 0.1) is 0 Å². The highest BCUT2D eigenvalue weighted by atomic mass is 16.5. The molecule has 1 unspecified atom stereocenters. The number of rotatable bonds is 6. The Balaban J connectivity index is 2.88. The minimum Gasteiger partial charge on any atom is -0.493 e. The van der Waals surface area contributed by atoms with Crippen molar-refractivity contribution in [2.24, 2.45) is 0 Å². The molecule has 4 heteroatoms. The van der Waals surface area contributed by atoms with Gasteiger partial charge in [-0.15, -0.1) is 0 Å². The molecule has 0 saturated carbocycles. The van der Waals surface area contributed by atoms with Crippen LogP contribution in [0.1, 0.15) is 37.6 Å². The molecule has 1 rings (SSSR count). The Morgan fingerprint density at radius 3 is 2.39 bits per heavy atom. The van der Waals surface area contributed by atoms with E-state index in [9.17, 15) is 9.59 Å². The third-order valence-electron chi connectivity index (χ3n) is 2.47. The van der Waals surface area contributed by atoms with Crippen LogP contribution in [0.3, 0.4) is 0 Å². The summed E-state index contributed by atoms with van der Waals surface area (Å²) in [6.07, 6.45) is 0.122. The van der Waals surface area contributed by atoms with Gasteiger partial charge < -0.3 is 9.47 Å². The van der Waals surface area contributed by atoms with Gasteiger partial charge in [0.05, 0.1) is 7.11 Å². The monoisotopic (exact) mass is 250 g/mol. The standard InChI is InChI=1S/C14H18O4/c1-9(15)7-10(2)18-13-6-5-12(11(3)16)8-14(13)17-4/h5-6,8,10H,7H2,1-4H3. The number of hydrogen-bond donors (Lipinski definition) is 0. The minimum atomic E-state index is -0.223. The zero-order valence-electron chi connectivity index (χ0n) is 11.1. The van der Waals surface area contributed by atoms with Crippen molar-refractivity contribution in [2.75, 3.05) is 7.11 Å². The van der Waals surface area contributed by atoms with Crippen molar-refractivity contribution in [2.45, 2.75) is 33.3 Å². The highest BCUT2D eigenvalue weighted by Gasteiger charge is 2.12. The molecule has 0 amide bonds. The summed E-state index contributed by atoms with van der Waals surface area (Å²) in [6.45, 7) is 4.84. The summed E-state index contributed by atoms with van der Waals surface area (Å²) in [5, 5.41) is 0. The van der Waals surface area contributed by atoms with Crippen molar-refractivity contribution in [3.8, 4) is 11.5 Å². The van der Waals surface area contributed by atoms with Crippen LogP contribution in [0.4, 0.5) is 0 Å². The summed E-state index contributed by atoms with van der Waals surface area (Å²) in [5.41, 5.74) is 0.568. The lowest BCUT2D eigenvalue weighted by Gasteiger charge is -2.16. The van der Waals surface area contributed by atoms with Crippen molar-refractivity contribution in [1.29, 1.82) is 0 Å². The van der Waals surface area contributed by atoms with Crippen molar-refractivity contribution >= 4 is 11.6 Å². The number of carbonyl (C=O) groups excluding carboxylic acids is 2. The van der Waals surface area contributed by atoms with Gasteiger partial charge in [0.1, 0.15) is 11.9 Å². The van der Waals surface area contributed by atoms with Gasteiger partial charge in [-0.1, -0.05) is 0 Å². The molecule has 98 valence electrons. The van der Waals surface area contributed by atoms with Gasteiger partial charge in [0.2, 0.25) is 0 Å². The highest BCUT2D eigenvalue weighted by molar-refractivity contribution is 5.94. The summed E-state index contributed by atoms with van der Waals surface area (Å²) in [7, 11) is 1.52. The van der Waals surface area contributed by atoms with Crippen LogP contribution in [0.5, 0.6) is 11.5 Å². The summed E-state index contributed by atoms with van der Waals surface area (Å²) < 4.78 is 10.8. The molecular formula is C14H18O4. The molecule has 4 nitrogen and oxygen atoms in total. The fourth-order valence-corrected chi connectivity index (χ4v) is 1.65. The maximum atomic E-state index is 11.3. The average Bonchev–Trinajstić information content (AvgIpc) is 2.27. The predicted molar refractivity (Wildman–Crippen MR) is 68.4 cm³/mol. The van der Waals surface area contributed by atoms with Gasteiger partial charge in [0, 0.05) is 12.0 Å². The normalized spacial score (nSPS) is 11.8. The van der Waals surface area contributed by atoms with E-state index < -0.39 is 0 Å². The van der Waals surface area contributed by atoms with Crippen LogP contribution in [0.15, 0.2) is 18.2 Å². The van der Waals surface area contributed by atoms with Gasteiger partial charge in [0.25, 0.3) is 0 Å². The Morgan fingerprint density at radius 2 is 1.89 bits per heavy atom. The smallest absolute Gasteiger partial charge is 0.161 e. The van der Waals surface area contributed by atoms with E-state index in [1.54, 1.807) is 18.2 Å². The lowest BCUT2D eigenvalue weighted by Crippen LogP contribution is -2.15. The largest absolute Gasteiger partial charge is 0.493 e. The van der Waals surface area contributed by atoms with E-state index in [4.69, 9.17) is 9.47 Å². The van der Waals surface area contributed by atoms with Crippen molar-refractivity contribution in [3.05, 3.63) is 23.8 Å². The summed E-state index contributed by atoms with van der Waals surface area (Å²) in [5.74, 6) is 1.08. The SMILES string of the molecule is COc1cc(C(C)=O)ccc1OC(C)CC(C)=O. The maximum absolute atomic E-state index is 11.3. The van der Waals surface area contributed by atoms with Crippen LogP contribution in [0.25, 0.3) is 0 Å². The molecule has 1 aromatic carbocycles. The molecule has 18 heavy (non-hydrogen) atoms. The predicted octanol–water partition coefficient (Wildman–Crippen LogP) is 2.64. The molecule has 0 saturated heterocycles. The first-order valence-corrected chi connectivity index (χ1v) is 5.79. The number of ketones is 2. The van der Waals surface area contributed by atoms with E-state index in [-0.39, 0.29) is 17.7 Å². The quantitative estimate of drug-likeness (QED) is 0.728. The van der Waals surface area contributed by atoms with Crippen molar-refractivity contribution < 1.29 is 19.1 Å². The molecule has 0 heterocycles. The number of ether oxygens (including phenoxy) is 2. The van der Waals surface area contributed by atoms with Crippen LogP contribution >= 0.6 is 0 Å². The van der Waals surface area contributed by atoms with E-state index in [0.29, 0.717) is 23.5 Å². The Hall–Kier alpha value is -1.84. The Labute approximate surface area is 107 Å². The molecule has 0 aliphatic carbocycles. The van der Waals surface area contributed by atoms with Gasteiger partial charge in [-0.05, 0) is 39.0 Å². The Kier molecular flexibility index (Phi) is 4.89. The van der Waals surface area contributed by atoms with E-state index in [1.165, 1.54) is 21.0 Å². The molecule has 0 radical (unpaired) electrons. The zero-order valence-corrected chi connectivity index (χ0v) is 11.1. The first-order chi connectivity index (χ1) is 8.43. The second-order valence-electron chi connectivity index (χ2n) is 4.26. The van der Waals surface area contributed by atoms with Crippen LogP contribution in [-0.4, -0.2) is 24.8 Å². The van der Waals surface area contributed by atoms with Gasteiger partial charge in [-0.2, -0.15) is 0 Å². The average molecular weight is 250 g/mol. The molecule has 0 N–H and O–H groups in total. The molecule has 0 aromatic heterocycles. The first-order valence-electron chi connectivity index (χ1n) is 5.79. The molecule has 0 aliphatic heterocycles. The van der Waals surface area contributed by atoms with Gasteiger partial charge in [-0.25, -0.2) is 0 Å². The van der Waals surface area contributed by atoms with Gasteiger partial charge in [-0.3, -0.25) is 9.59 Å². The zero-order chi connectivity index (χ0) is 13.7. The van der Waals surface area contributed by atoms with E-state index in [0.717, 1.165) is 0 Å². The summed E-state index contributed by atoms with van der Waals surface area (Å²) in [4.78, 5) is 22.2. The number of benzene rings is 1. The third-order valence-corrected chi connectivity index (χ3v) is 2.47. The lowest BCUT2D eigenvalue weighted by atomic mass is 10.1. The summed E-state index contributed by atoms with van der Waals surface area (Å²) >= 11 is 0. The van der Waals surface area contributed by atoms with Crippen LogP contribution in [-0.2, 0) is 4.79 Å². The number of hydrogen-bond acceptors (Lipinski definition) is 4. The second kappa shape index (κ2) is 6.19. The van der Waals surface area contributed by atoms with E-state index >= 15 is 0 Å². The van der Waals surface area contributed by atoms with Crippen molar-refractivity contribution in [3.63, 3.8) is 0 Å². The molecule has 0 fully saturated rings. The van der Waals surface area contributed by atoms with E-state index in [2.05, 4.69) is 0 Å². The minimum absolute atomic E-state index is 0.0309. The fourth-order valence-electron chi connectivity index (χ4n) is 1.65. The first kappa shape index (κ1) is 14.2. The number of carbonyl (C=O) groups is 2. The fraction of sp³-hybridized carbons (Fsp3) is 0.429. The van der Waals surface area contributed by atoms with Crippen molar-refractivity contribution in [1.82, 2.24) is 0 Å². The van der Waals surface area contributed by atoms with Crippen LogP contribution < -0.4 is 9.47 Å².